The van der Waals surface area contributed by atoms with Gasteiger partial charge in [-0.05, 0) is 71.8 Å². The van der Waals surface area contributed by atoms with Gasteiger partial charge in [0.15, 0.2) is 0 Å². The summed E-state index contributed by atoms with van der Waals surface area (Å²) in [7, 11) is 1.72. The molecule has 0 bridgehead atoms. The van der Waals surface area contributed by atoms with Crippen molar-refractivity contribution >= 4 is 29.1 Å². The number of hydrogen-bond donors (Lipinski definition) is 0. The number of benzene rings is 3. The van der Waals surface area contributed by atoms with Gasteiger partial charge in [-0.3, -0.25) is 9.59 Å². The number of carbonyl (C=O) groups is 2. The molecule has 0 N–H and O–H groups in total. The van der Waals surface area contributed by atoms with Gasteiger partial charge < -0.3 is 14.2 Å². The highest BCUT2D eigenvalue weighted by molar-refractivity contribution is 6.30. The molecule has 4 rings (SSSR count). The number of rotatable bonds is 8. The maximum absolute atomic E-state index is 13.5. The second kappa shape index (κ2) is 11.0. The molecule has 3 aromatic carbocycles. The monoisotopic (exact) mass is 490 g/mol. The molecule has 2 amide bonds. The fraction of sp³-hybridized carbons (Fsp3) is 0.143. The highest BCUT2D eigenvalue weighted by Crippen LogP contribution is 2.23. The van der Waals surface area contributed by atoms with E-state index >= 15 is 0 Å². The van der Waals surface area contributed by atoms with Crippen molar-refractivity contribution in [1.29, 1.82) is 0 Å². The summed E-state index contributed by atoms with van der Waals surface area (Å²) in [6.07, 6.45) is 1.75. The first kappa shape index (κ1) is 24.2. The number of carbonyl (C=O) groups excluding carboxylic acids is 2. The highest BCUT2D eigenvalue weighted by Gasteiger charge is 2.20. The normalized spacial score (nSPS) is 10.7. The van der Waals surface area contributed by atoms with E-state index < -0.39 is 0 Å². The molecule has 1 aromatic heterocycles. The van der Waals surface area contributed by atoms with E-state index in [1.54, 1.807) is 65.6 Å². The van der Waals surface area contributed by atoms with Crippen molar-refractivity contribution in [1.82, 2.24) is 4.90 Å². The van der Waals surface area contributed by atoms with Crippen LogP contribution >= 0.6 is 11.6 Å². The van der Waals surface area contributed by atoms with Gasteiger partial charge in [0.1, 0.15) is 11.6 Å². The van der Waals surface area contributed by atoms with Gasteiger partial charge in [0.05, 0.1) is 25.8 Å². The third kappa shape index (κ3) is 6.37. The van der Waals surface area contributed by atoms with Crippen LogP contribution in [0.2, 0.25) is 5.02 Å². The van der Waals surface area contributed by atoms with Crippen LogP contribution in [0.1, 0.15) is 27.2 Å². The van der Waals surface area contributed by atoms with E-state index in [-0.39, 0.29) is 30.6 Å². The molecule has 0 aliphatic carbocycles. The summed E-state index contributed by atoms with van der Waals surface area (Å²) in [5, 5.41) is 0.533. The molecule has 7 heteroatoms. The zero-order valence-electron chi connectivity index (χ0n) is 19.2. The van der Waals surface area contributed by atoms with Crippen molar-refractivity contribution in [2.75, 3.05) is 11.9 Å². The lowest BCUT2D eigenvalue weighted by Crippen LogP contribution is -2.31. The average Bonchev–Trinajstić information content (AvgIpc) is 3.37. The maximum Gasteiger partial charge on any atom is 0.258 e. The van der Waals surface area contributed by atoms with Crippen molar-refractivity contribution in [2.24, 2.45) is 0 Å². The molecule has 4 aromatic rings. The Kier molecular flexibility index (Phi) is 7.63. The molecule has 0 radical (unpaired) electrons. The van der Waals surface area contributed by atoms with Crippen LogP contribution in [0, 0.1) is 5.82 Å². The lowest BCUT2D eigenvalue weighted by atomic mass is 10.1. The van der Waals surface area contributed by atoms with Crippen LogP contribution in [0.25, 0.3) is 0 Å². The van der Waals surface area contributed by atoms with Crippen LogP contribution < -0.4 is 4.90 Å². The van der Waals surface area contributed by atoms with E-state index in [0.717, 1.165) is 11.1 Å². The molecule has 5 nitrogen and oxygen atoms in total. The van der Waals surface area contributed by atoms with Gasteiger partial charge in [-0.1, -0.05) is 35.9 Å². The second-order valence-electron chi connectivity index (χ2n) is 8.20. The van der Waals surface area contributed by atoms with Crippen LogP contribution in [0.15, 0.2) is 95.6 Å². The van der Waals surface area contributed by atoms with E-state index in [1.807, 2.05) is 30.3 Å². The Morgan fingerprint density at radius 1 is 0.886 bits per heavy atom. The molecule has 0 aliphatic rings. The lowest BCUT2D eigenvalue weighted by Gasteiger charge is -2.24. The van der Waals surface area contributed by atoms with Crippen molar-refractivity contribution < 1.29 is 18.4 Å². The second-order valence-corrected chi connectivity index (χ2v) is 8.64. The molecule has 0 atom stereocenters. The highest BCUT2D eigenvalue weighted by atomic mass is 35.5. The molecule has 35 heavy (non-hydrogen) atoms. The summed E-state index contributed by atoms with van der Waals surface area (Å²) >= 11 is 5.99. The fourth-order valence-electron chi connectivity index (χ4n) is 3.67. The zero-order valence-corrected chi connectivity index (χ0v) is 19.9. The summed E-state index contributed by atoms with van der Waals surface area (Å²) < 4.78 is 18.8. The minimum absolute atomic E-state index is 0.0762. The lowest BCUT2D eigenvalue weighted by molar-refractivity contribution is -0.129. The van der Waals surface area contributed by atoms with Gasteiger partial charge in [-0.25, -0.2) is 4.39 Å². The third-order valence-corrected chi connectivity index (χ3v) is 5.82. The van der Waals surface area contributed by atoms with Crippen molar-refractivity contribution in [3.05, 3.63) is 124 Å². The van der Waals surface area contributed by atoms with Gasteiger partial charge in [0, 0.05) is 23.3 Å². The van der Waals surface area contributed by atoms with Gasteiger partial charge in [-0.15, -0.1) is 0 Å². The molecule has 0 saturated carbocycles. The predicted octanol–water partition coefficient (Wildman–Crippen LogP) is 6.12. The molecular formula is C28H24ClFN2O3. The number of furan rings is 1. The maximum atomic E-state index is 13.5. The van der Waals surface area contributed by atoms with Gasteiger partial charge in [0.25, 0.3) is 5.91 Å². The Morgan fingerprint density at radius 3 is 2.31 bits per heavy atom. The molecule has 0 fully saturated rings. The van der Waals surface area contributed by atoms with Crippen LogP contribution in [-0.2, 0) is 24.3 Å². The van der Waals surface area contributed by atoms with E-state index in [4.69, 9.17) is 16.0 Å². The van der Waals surface area contributed by atoms with Crippen LogP contribution in [-0.4, -0.2) is 23.8 Å². The van der Waals surface area contributed by atoms with E-state index in [0.29, 0.717) is 28.6 Å². The first-order valence-corrected chi connectivity index (χ1v) is 11.4. The standard InChI is InChI=1S/C28H24ClFN2O3/c1-31(19-26-6-3-15-35-26)27(33)17-21-4-2-5-25(16-21)32(18-20-7-13-24(30)14-8-20)28(34)22-9-11-23(29)12-10-22/h2-16H,17-19H2,1H3. The minimum Gasteiger partial charge on any atom is -0.467 e. The molecule has 1 heterocycles. The topological polar surface area (TPSA) is 53.8 Å². The SMILES string of the molecule is CN(Cc1ccco1)C(=O)Cc1cccc(N(Cc2ccc(F)cc2)C(=O)c2ccc(Cl)cc2)c1. The van der Waals surface area contributed by atoms with Gasteiger partial charge in [0.2, 0.25) is 5.91 Å². The fourth-order valence-corrected chi connectivity index (χ4v) is 3.80. The quantitative estimate of drug-likeness (QED) is 0.299. The van der Waals surface area contributed by atoms with E-state index in [1.165, 1.54) is 12.1 Å². The average molecular weight is 491 g/mol. The Bertz CT molecular complexity index is 1290. The molecule has 0 saturated heterocycles. The van der Waals surface area contributed by atoms with Crippen LogP contribution in [0.5, 0.6) is 0 Å². The molecule has 0 unspecified atom stereocenters. The third-order valence-electron chi connectivity index (χ3n) is 5.57. The van der Waals surface area contributed by atoms with E-state index in [9.17, 15) is 14.0 Å². The summed E-state index contributed by atoms with van der Waals surface area (Å²) in [5.74, 6) is 0.0502. The number of halogens is 2. The number of nitrogens with zero attached hydrogens (tertiary/aromatic N) is 2. The summed E-state index contributed by atoms with van der Waals surface area (Å²) in [6, 6.07) is 23.6. The predicted molar refractivity (Wildman–Crippen MR) is 134 cm³/mol. The van der Waals surface area contributed by atoms with E-state index in [2.05, 4.69) is 0 Å². The Hall–Kier alpha value is -3.90. The first-order valence-electron chi connectivity index (χ1n) is 11.1. The van der Waals surface area contributed by atoms with Crippen molar-refractivity contribution in [3.63, 3.8) is 0 Å². The van der Waals surface area contributed by atoms with Crippen molar-refractivity contribution in [2.45, 2.75) is 19.5 Å². The van der Waals surface area contributed by atoms with Crippen molar-refractivity contribution in [3.8, 4) is 0 Å². The molecule has 178 valence electrons. The van der Waals surface area contributed by atoms with Gasteiger partial charge >= 0.3 is 0 Å². The number of likely N-dealkylation sites (N-methyl/N-ethyl adjacent to an activating group) is 1. The Balaban J connectivity index is 1.58. The Morgan fingerprint density at radius 2 is 1.63 bits per heavy atom. The molecular weight excluding hydrogens is 467 g/mol. The largest absolute Gasteiger partial charge is 0.467 e. The summed E-state index contributed by atoms with van der Waals surface area (Å²) in [4.78, 5) is 29.5. The van der Waals surface area contributed by atoms with Crippen LogP contribution in [0.4, 0.5) is 10.1 Å². The molecule has 0 aliphatic heterocycles. The summed E-state index contributed by atoms with van der Waals surface area (Å²) in [6.45, 7) is 0.606. The van der Waals surface area contributed by atoms with Gasteiger partial charge in [-0.2, -0.15) is 0 Å². The summed E-state index contributed by atoms with van der Waals surface area (Å²) in [5.41, 5.74) is 2.64. The first-order chi connectivity index (χ1) is 16.9. The number of amides is 2. The minimum atomic E-state index is -0.344. The molecule has 0 spiro atoms. The number of anilines is 1. The van der Waals surface area contributed by atoms with Crippen LogP contribution in [0.3, 0.4) is 0 Å². The Labute approximate surface area is 208 Å². The smallest absolute Gasteiger partial charge is 0.258 e. The zero-order chi connectivity index (χ0) is 24.8. The number of hydrogen-bond acceptors (Lipinski definition) is 3.